The van der Waals surface area contributed by atoms with Crippen molar-refractivity contribution in [3.63, 3.8) is 0 Å². The fourth-order valence-corrected chi connectivity index (χ4v) is 2.26. The van der Waals surface area contributed by atoms with Gasteiger partial charge in [-0.2, -0.15) is 8.75 Å². The van der Waals surface area contributed by atoms with Gasteiger partial charge in [0.05, 0.1) is 42.7 Å². The molecule has 0 saturated carbocycles. The molecular formula is C12H10ClN3O4S. The van der Waals surface area contributed by atoms with E-state index in [-0.39, 0.29) is 5.70 Å². The van der Waals surface area contributed by atoms with E-state index in [1.54, 1.807) is 12.1 Å². The summed E-state index contributed by atoms with van der Waals surface area (Å²) in [6, 6.07) is 3.31. The molecule has 0 unspecified atom stereocenters. The molecule has 1 N–H and O–H groups in total. The number of ether oxygens (including phenoxy) is 2. The molecule has 0 radical (unpaired) electrons. The first-order chi connectivity index (χ1) is 10.1. The number of benzene rings is 1. The lowest BCUT2D eigenvalue weighted by Gasteiger charge is -2.10. The zero-order chi connectivity index (χ0) is 15.4. The second-order valence-corrected chi connectivity index (χ2v) is 4.69. The van der Waals surface area contributed by atoms with Crippen molar-refractivity contribution in [3.8, 4) is 0 Å². The lowest BCUT2D eigenvalue weighted by Crippen LogP contribution is -2.15. The molecule has 1 aromatic heterocycles. The molecule has 0 saturated heterocycles. The molecule has 2 rings (SSSR count). The van der Waals surface area contributed by atoms with Gasteiger partial charge in [0.15, 0.2) is 0 Å². The maximum atomic E-state index is 11.7. The third-order valence-electron chi connectivity index (χ3n) is 2.51. The summed E-state index contributed by atoms with van der Waals surface area (Å²) in [6.45, 7) is 0. The minimum absolute atomic E-state index is 0.119. The molecule has 0 fully saturated rings. The number of nitrogens with one attached hydrogen (secondary N) is 1. The number of hydrogen-bond donors (Lipinski definition) is 1. The second kappa shape index (κ2) is 6.51. The number of halogens is 1. The number of anilines is 1. The van der Waals surface area contributed by atoms with Crippen molar-refractivity contribution in [1.29, 1.82) is 0 Å². The Kier molecular flexibility index (Phi) is 4.71. The van der Waals surface area contributed by atoms with Crippen LogP contribution < -0.4 is 5.32 Å². The predicted octanol–water partition coefficient (Wildman–Crippen LogP) is 1.99. The first-order valence-electron chi connectivity index (χ1n) is 5.62. The van der Waals surface area contributed by atoms with Crippen LogP contribution in [0.15, 0.2) is 23.9 Å². The molecule has 1 heterocycles. The van der Waals surface area contributed by atoms with Gasteiger partial charge in [-0.25, -0.2) is 9.59 Å². The van der Waals surface area contributed by atoms with Gasteiger partial charge in [0, 0.05) is 0 Å². The summed E-state index contributed by atoms with van der Waals surface area (Å²) in [5.74, 6) is -1.45. The number of fused-ring (bicyclic) bond motifs is 1. The number of carbonyl (C=O) groups is 2. The van der Waals surface area contributed by atoms with Crippen LogP contribution in [-0.2, 0) is 19.1 Å². The topological polar surface area (TPSA) is 90.4 Å². The Labute approximate surface area is 128 Å². The van der Waals surface area contributed by atoms with Crippen LogP contribution in [0.4, 0.5) is 5.69 Å². The maximum Gasteiger partial charge on any atom is 0.354 e. The minimum Gasteiger partial charge on any atom is -0.466 e. The third-order valence-corrected chi connectivity index (χ3v) is 3.36. The van der Waals surface area contributed by atoms with E-state index < -0.39 is 11.9 Å². The normalized spacial score (nSPS) is 11.3. The zero-order valence-electron chi connectivity index (χ0n) is 11.0. The molecule has 7 nitrogen and oxygen atoms in total. The summed E-state index contributed by atoms with van der Waals surface area (Å²) in [4.78, 5) is 23.0. The van der Waals surface area contributed by atoms with E-state index in [0.29, 0.717) is 21.7 Å². The van der Waals surface area contributed by atoms with Crippen LogP contribution in [0.3, 0.4) is 0 Å². The molecule has 2 aromatic rings. The summed E-state index contributed by atoms with van der Waals surface area (Å²) in [7, 11) is 2.40. The van der Waals surface area contributed by atoms with Crippen molar-refractivity contribution in [2.45, 2.75) is 0 Å². The molecule has 0 aliphatic carbocycles. The van der Waals surface area contributed by atoms with E-state index in [4.69, 9.17) is 11.6 Å². The zero-order valence-corrected chi connectivity index (χ0v) is 12.6. The van der Waals surface area contributed by atoms with E-state index in [9.17, 15) is 9.59 Å². The van der Waals surface area contributed by atoms with Gasteiger partial charge in [0.2, 0.25) is 0 Å². The highest BCUT2D eigenvalue weighted by molar-refractivity contribution is 7.00. The Morgan fingerprint density at radius 3 is 2.71 bits per heavy atom. The molecule has 0 amide bonds. The first-order valence-corrected chi connectivity index (χ1v) is 6.73. The lowest BCUT2D eigenvalue weighted by atomic mass is 10.2. The van der Waals surface area contributed by atoms with Crippen molar-refractivity contribution in [2.75, 3.05) is 19.5 Å². The Bertz CT molecular complexity index is 728. The molecule has 9 heteroatoms. The van der Waals surface area contributed by atoms with Crippen LogP contribution in [0.5, 0.6) is 0 Å². The fraction of sp³-hybridized carbons (Fsp3) is 0.167. The van der Waals surface area contributed by atoms with E-state index in [2.05, 4.69) is 23.5 Å². The van der Waals surface area contributed by atoms with Gasteiger partial charge in [-0.15, -0.1) is 0 Å². The highest BCUT2D eigenvalue weighted by Crippen LogP contribution is 2.31. The van der Waals surface area contributed by atoms with Crippen LogP contribution in [-0.4, -0.2) is 34.9 Å². The fourth-order valence-electron chi connectivity index (χ4n) is 1.51. The monoisotopic (exact) mass is 327 g/mol. The van der Waals surface area contributed by atoms with Gasteiger partial charge in [0.25, 0.3) is 0 Å². The van der Waals surface area contributed by atoms with Gasteiger partial charge in [-0.3, -0.25) is 0 Å². The Hall–Kier alpha value is -2.19. The summed E-state index contributed by atoms with van der Waals surface area (Å²) >= 11 is 7.11. The summed E-state index contributed by atoms with van der Waals surface area (Å²) in [5.41, 5.74) is 1.36. The standard InChI is InChI=1S/C12H10ClN3O4S/c1-19-9(17)5-8(12(18)20-2)14-10-6(13)3-4-7-11(10)16-21-15-7/h3-5,14H,1-2H3/b8-5+. The number of rotatable bonds is 4. The van der Waals surface area contributed by atoms with Crippen LogP contribution in [0, 0.1) is 0 Å². The van der Waals surface area contributed by atoms with Crippen molar-refractivity contribution in [1.82, 2.24) is 8.75 Å². The quantitative estimate of drug-likeness (QED) is 0.678. The highest BCUT2D eigenvalue weighted by atomic mass is 35.5. The first kappa shape index (κ1) is 15.2. The Morgan fingerprint density at radius 1 is 1.29 bits per heavy atom. The van der Waals surface area contributed by atoms with E-state index in [1.165, 1.54) is 14.2 Å². The molecule has 0 atom stereocenters. The van der Waals surface area contributed by atoms with Gasteiger partial charge in [-0.1, -0.05) is 11.6 Å². The number of hydrogen-bond acceptors (Lipinski definition) is 8. The smallest absolute Gasteiger partial charge is 0.354 e. The van der Waals surface area contributed by atoms with Crippen molar-refractivity contribution in [3.05, 3.63) is 28.9 Å². The molecule has 110 valence electrons. The Morgan fingerprint density at radius 2 is 2.05 bits per heavy atom. The summed E-state index contributed by atoms with van der Waals surface area (Å²) < 4.78 is 17.3. The third kappa shape index (κ3) is 3.29. The molecule has 0 aliphatic heterocycles. The molecule has 0 bridgehead atoms. The van der Waals surface area contributed by atoms with Crippen molar-refractivity contribution in [2.24, 2.45) is 0 Å². The number of methoxy groups -OCH3 is 2. The van der Waals surface area contributed by atoms with E-state index in [1.807, 2.05) is 0 Å². The van der Waals surface area contributed by atoms with Crippen LogP contribution in [0.2, 0.25) is 5.02 Å². The molecule has 0 spiro atoms. The summed E-state index contributed by atoms with van der Waals surface area (Å²) in [6.07, 6.45) is 0.973. The lowest BCUT2D eigenvalue weighted by molar-refractivity contribution is -0.138. The molecular weight excluding hydrogens is 318 g/mol. The SMILES string of the molecule is COC(=O)/C=C(/Nc1c(Cl)ccc2nsnc12)C(=O)OC. The highest BCUT2D eigenvalue weighted by Gasteiger charge is 2.17. The van der Waals surface area contributed by atoms with Crippen molar-refractivity contribution >= 4 is 52.0 Å². The predicted molar refractivity (Wildman–Crippen MR) is 78.2 cm³/mol. The number of carbonyl (C=O) groups excluding carboxylic acids is 2. The number of esters is 2. The van der Waals surface area contributed by atoms with Gasteiger partial charge in [-0.05, 0) is 12.1 Å². The van der Waals surface area contributed by atoms with Crippen LogP contribution in [0.1, 0.15) is 0 Å². The van der Waals surface area contributed by atoms with Crippen LogP contribution >= 0.6 is 23.3 Å². The van der Waals surface area contributed by atoms with E-state index in [0.717, 1.165) is 17.8 Å². The maximum absolute atomic E-state index is 11.7. The average molecular weight is 328 g/mol. The largest absolute Gasteiger partial charge is 0.466 e. The molecule has 0 aliphatic rings. The van der Waals surface area contributed by atoms with E-state index >= 15 is 0 Å². The molecule has 21 heavy (non-hydrogen) atoms. The average Bonchev–Trinajstić information content (AvgIpc) is 2.96. The Balaban J connectivity index is 2.46. The molecule has 1 aromatic carbocycles. The van der Waals surface area contributed by atoms with Gasteiger partial charge >= 0.3 is 11.9 Å². The number of aromatic nitrogens is 2. The number of nitrogens with zero attached hydrogens (tertiary/aromatic N) is 2. The second-order valence-electron chi connectivity index (χ2n) is 3.75. The van der Waals surface area contributed by atoms with Gasteiger partial charge < -0.3 is 14.8 Å². The van der Waals surface area contributed by atoms with Gasteiger partial charge in [0.1, 0.15) is 16.7 Å². The minimum atomic E-state index is -0.739. The van der Waals surface area contributed by atoms with Crippen molar-refractivity contribution < 1.29 is 19.1 Å². The summed E-state index contributed by atoms with van der Waals surface area (Å²) in [5, 5.41) is 3.08. The van der Waals surface area contributed by atoms with Crippen LogP contribution in [0.25, 0.3) is 11.0 Å².